The molecular weight excluding hydrogens is 220 g/mol. The first-order chi connectivity index (χ1) is 7.97. The molecule has 1 rings (SSSR count). The zero-order chi connectivity index (χ0) is 13.0. The van der Waals surface area contributed by atoms with Crippen molar-refractivity contribution in [2.75, 3.05) is 12.3 Å². The maximum atomic E-state index is 9.94. The van der Waals surface area contributed by atoms with E-state index in [4.69, 9.17) is 11.3 Å². The molecule has 0 aliphatic heterocycles. The van der Waals surface area contributed by atoms with E-state index in [-0.39, 0.29) is 6.54 Å². The van der Waals surface area contributed by atoms with Gasteiger partial charge < -0.3 is 15.9 Å². The summed E-state index contributed by atoms with van der Waals surface area (Å²) in [6.07, 6.45) is -2.20. The van der Waals surface area contributed by atoms with Crippen molar-refractivity contribution in [2.45, 2.75) is 26.1 Å². The predicted octanol–water partition coefficient (Wildman–Crippen LogP) is 1.59. The second kappa shape index (κ2) is 5.54. The van der Waals surface area contributed by atoms with E-state index in [2.05, 4.69) is 10.0 Å². The van der Waals surface area contributed by atoms with Crippen molar-refractivity contribution in [1.82, 2.24) is 0 Å². The van der Waals surface area contributed by atoms with Crippen molar-refractivity contribution in [3.63, 3.8) is 0 Å². The number of aryl methyl sites for hydroxylation is 2. The zero-order valence-electron chi connectivity index (χ0n) is 9.83. The third kappa shape index (κ3) is 3.10. The summed E-state index contributed by atoms with van der Waals surface area (Å²) >= 11 is 0. The van der Waals surface area contributed by atoms with Crippen LogP contribution in [0.2, 0.25) is 0 Å². The molecule has 0 aromatic heterocycles. The molecule has 0 bridgehead atoms. The summed E-state index contributed by atoms with van der Waals surface area (Å²) in [6, 6.07) is 3.48. The van der Waals surface area contributed by atoms with Crippen molar-refractivity contribution < 1.29 is 10.2 Å². The van der Waals surface area contributed by atoms with Gasteiger partial charge in [-0.05, 0) is 42.1 Å². The lowest BCUT2D eigenvalue weighted by molar-refractivity contribution is 0.0240. The van der Waals surface area contributed by atoms with Crippen molar-refractivity contribution in [2.24, 2.45) is 5.11 Å². The Hall–Kier alpha value is -1.75. The van der Waals surface area contributed by atoms with Crippen molar-refractivity contribution in [1.29, 1.82) is 0 Å². The van der Waals surface area contributed by atoms with E-state index in [1.807, 2.05) is 6.92 Å². The van der Waals surface area contributed by atoms with Gasteiger partial charge in [0.2, 0.25) is 0 Å². The number of rotatable bonds is 4. The Kier molecular flexibility index (Phi) is 4.34. The molecule has 0 aliphatic rings. The molecule has 92 valence electrons. The molecule has 0 fully saturated rings. The van der Waals surface area contributed by atoms with Gasteiger partial charge in [-0.15, -0.1) is 0 Å². The van der Waals surface area contributed by atoms with Crippen molar-refractivity contribution in [3.8, 4) is 0 Å². The Morgan fingerprint density at radius 2 is 2.00 bits per heavy atom. The maximum Gasteiger partial charge on any atom is 0.105 e. The maximum absolute atomic E-state index is 9.94. The van der Waals surface area contributed by atoms with Crippen LogP contribution < -0.4 is 5.73 Å². The van der Waals surface area contributed by atoms with E-state index >= 15 is 0 Å². The third-order valence-electron chi connectivity index (χ3n) is 2.67. The number of nitrogens with zero attached hydrogens (tertiary/aromatic N) is 3. The number of aliphatic hydroxyl groups is 2. The Labute approximate surface area is 99.3 Å². The van der Waals surface area contributed by atoms with Crippen LogP contribution in [0, 0.1) is 13.8 Å². The quantitative estimate of drug-likeness (QED) is 0.319. The number of benzene rings is 1. The molecule has 0 saturated carbocycles. The fourth-order valence-corrected chi connectivity index (χ4v) is 1.61. The van der Waals surface area contributed by atoms with Crippen LogP contribution in [0.1, 0.15) is 22.8 Å². The summed E-state index contributed by atoms with van der Waals surface area (Å²) in [5, 5.41) is 22.8. The lowest BCUT2D eigenvalue weighted by Gasteiger charge is -2.19. The first kappa shape index (κ1) is 13.3. The van der Waals surface area contributed by atoms with Crippen LogP contribution in [-0.4, -0.2) is 22.9 Å². The summed E-state index contributed by atoms with van der Waals surface area (Å²) in [6.45, 7) is 3.46. The van der Waals surface area contributed by atoms with Gasteiger partial charge in [0.05, 0.1) is 12.6 Å². The van der Waals surface area contributed by atoms with Gasteiger partial charge in [0.1, 0.15) is 6.10 Å². The van der Waals surface area contributed by atoms with Gasteiger partial charge in [-0.25, -0.2) is 0 Å². The van der Waals surface area contributed by atoms with Crippen LogP contribution in [0.4, 0.5) is 5.69 Å². The van der Waals surface area contributed by atoms with Gasteiger partial charge in [-0.3, -0.25) is 0 Å². The Bertz CT molecular complexity index is 455. The van der Waals surface area contributed by atoms with Gasteiger partial charge in [0.25, 0.3) is 0 Å². The summed E-state index contributed by atoms with van der Waals surface area (Å²) in [7, 11) is 0. The molecule has 0 spiro atoms. The lowest BCUT2D eigenvalue weighted by atomic mass is 9.96. The van der Waals surface area contributed by atoms with Gasteiger partial charge in [-0.2, -0.15) is 0 Å². The lowest BCUT2D eigenvalue weighted by Crippen LogP contribution is -2.22. The normalized spacial score (nSPS) is 13.9. The number of nitrogen functional groups attached to an aromatic ring is 1. The summed E-state index contributed by atoms with van der Waals surface area (Å²) < 4.78 is 0. The highest BCUT2D eigenvalue weighted by atomic mass is 16.3. The molecule has 4 N–H and O–H groups in total. The Morgan fingerprint density at radius 3 is 2.59 bits per heavy atom. The first-order valence-electron chi connectivity index (χ1n) is 5.21. The molecule has 0 amide bonds. The second-order valence-electron chi connectivity index (χ2n) is 3.99. The molecule has 0 heterocycles. The number of nitrogens with two attached hydrogens (primary N) is 1. The van der Waals surface area contributed by atoms with Gasteiger partial charge in [-0.1, -0.05) is 11.2 Å². The Balaban J connectivity index is 2.99. The SMILES string of the molecule is Cc1cc(C(O)C(O)CN=[N+]=[N-])c(C)cc1N. The average Bonchev–Trinajstić information content (AvgIpc) is 2.29. The Morgan fingerprint density at radius 1 is 1.35 bits per heavy atom. The predicted molar refractivity (Wildman–Crippen MR) is 65.3 cm³/mol. The van der Waals surface area contributed by atoms with Crippen LogP contribution in [0.15, 0.2) is 17.2 Å². The minimum atomic E-state index is -1.12. The number of hydrogen-bond acceptors (Lipinski definition) is 4. The number of azide groups is 1. The van der Waals surface area contributed by atoms with Crippen molar-refractivity contribution in [3.05, 3.63) is 39.3 Å². The number of anilines is 1. The minimum Gasteiger partial charge on any atom is -0.399 e. The largest absolute Gasteiger partial charge is 0.399 e. The molecule has 0 aliphatic carbocycles. The van der Waals surface area contributed by atoms with E-state index in [0.717, 1.165) is 11.1 Å². The van der Waals surface area contributed by atoms with Gasteiger partial charge in [0, 0.05) is 10.6 Å². The van der Waals surface area contributed by atoms with Gasteiger partial charge in [0.15, 0.2) is 0 Å². The van der Waals surface area contributed by atoms with Crippen molar-refractivity contribution >= 4 is 5.69 Å². The molecule has 2 unspecified atom stereocenters. The summed E-state index contributed by atoms with van der Waals surface area (Å²) in [4.78, 5) is 2.54. The zero-order valence-corrected chi connectivity index (χ0v) is 9.83. The molecule has 6 heteroatoms. The van der Waals surface area contributed by atoms with Crippen LogP contribution in [-0.2, 0) is 0 Å². The highest BCUT2D eigenvalue weighted by molar-refractivity contribution is 5.51. The van der Waals surface area contributed by atoms with E-state index in [1.165, 1.54) is 0 Å². The summed E-state index contributed by atoms with van der Waals surface area (Å²) in [5.41, 5.74) is 16.7. The number of hydrogen-bond donors (Lipinski definition) is 3. The molecule has 0 radical (unpaired) electrons. The molecular formula is C11H16N4O2. The molecule has 1 aromatic rings. The van der Waals surface area contributed by atoms with E-state index in [0.29, 0.717) is 11.3 Å². The van der Waals surface area contributed by atoms with E-state index < -0.39 is 12.2 Å². The van der Waals surface area contributed by atoms with Crippen LogP contribution in [0.25, 0.3) is 10.4 Å². The number of aliphatic hydroxyl groups excluding tert-OH is 2. The monoisotopic (exact) mass is 236 g/mol. The van der Waals surface area contributed by atoms with Gasteiger partial charge >= 0.3 is 0 Å². The van der Waals surface area contributed by atoms with E-state index in [9.17, 15) is 10.2 Å². The molecule has 6 nitrogen and oxygen atoms in total. The fraction of sp³-hybridized carbons (Fsp3) is 0.455. The molecule has 0 saturated heterocycles. The van der Waals surface area contributed by atoms with Crippen LogP contribution in [0.3, 0.4) is 0 Å². The van der Waals surface area contributed by atoms with Crippen LogP contribution in [0.5, 0.6) is 0 Å². The average molecular weight is 236 g/mol. The smallest absolute Gasteiger partial charge is 0.105 e. The standard InChI is InChI=1S/C11H16N4O2/c1-6-4-9(12)7(2)3-8(6)11(17)10(16)5-14-15-13/h3-4,10-11,16-17H,5,12H2,1-2H3. The minimum absolute atomic E-state index is 0.166. The van der Waals surface area contributed by atoms with Crippen LogP contribution >= 0.6 is 0 Å². The fourth-order valence-electron chi connectivity index (χ4n) is 1.61. The third-order valence-corrected chi connectivity index (χ3v) is 2.67. The summed E-state index contributed by atoms with van der Waals surface area (Å²) in [5.74, 6) is 0. The van der Waals surface area contributed by atoms with E-state index in [1.54, 1.807) is 19.1 Å². The molecule has 17 heavy (non-hydrogen) atoms. The molecule has 1 aromatic carbocycles. The first-order valence-corrected chi connectivity index (χ1v) is 5.21. The second-order valence-corrected chi connectivity index (χ2v) is 3.99. The topological polar surface area (TPSA) is 115 Å². The highest BCUT2D eigenvalue weighted by Gasteiger charge is 2.20. The molecule has 2 atom stereocenters. The highest BCUT2D eigenvalue weighted by Crippen LogP contribution is 2.25.